The minimum absolute atomic E-state index is 0.0957. The van der Waals surface area contributed by atoms with Crippen LogP contribution in [-0.2, 0) is 16.4 Å². The lowest BCUT2D eigenvalue weighted by Gasteiger charge is -2.44. The Hall–Kier alpha value is -1.07. The van der Waals surface area contributed by atoms with Crippen LogP contribution in [0.2, 0.25) is 0 Å². The van der Waals surface area contributed by atoms with Gasteiger partial charge in [-0.3, -0.25) is 4.21 Å². The lowest BCUT2D eigenvalue weighted by Crippen LogP contribution is -2.47. The highest BCUT2D eigenvalue weighted by molar-refractivity contribution is 7.86. The second-order valence-corrected chi connectivity index (χ2v) is 8.00. The standard InChI is InChI=1S/C16H22O4S/c1-19-11-6-7-15(20-2)14(8-11)16(17)9-12-4-3-5-13(10-16)21(12)18/h6-8,12-13,17H,3-5,9-10H2,1-2H3. The van der Waals surface area contributed by atoms with Gasteiger partial charge in [-0.15, -0.1) is 0 Å². The van der Waals surface area contributed by atoms with Crippen molar-refractivity contribution in [2.45, 2.75) is 48.2 Å². The van der Waals surface area contributed by atoms with Crippen LogP contribution in [0.25, 0.3) is 0 Å². The van der Waals surface area contributed by atoms with Gasteiger partial charge in [0.25, 0.3) is 0 Å². The monoisotopic (exact) mass is 310 g/mol. The molecule has 2 aliphatic heterocycles. The van der Waals surface area contributed by atoms with Crippen molar-refractivity contribution in [2.75, 3.05) is 14.2 Å². The van der Waals surface area contributed by atoms with Crippen LogP contribution in [0.4, 0.5) is 0 Å². The number of hydrogen-bond acceptors (Lipinski definition) is 4. The van der Waals surface area contributed by atoms with E-state index >= 15 is 0 Å². The van der Waals surface area contributed by atoms with E-state index < -0.39 is 16.4 Å². The second kappa shape index (κ2) is 5.61. The first-order valence-electron chi connectivity index (χ1n) is 7.41. The first kappa shape index (κ1) is 14.9. The summed E-state index contributed by atoms with van der Waals surface area (Å²) in [7, 11) is 2.41. The zero-order chi connectivity index (χ0) is 15.0. The number of fused-ring (bicyclic) bond motifs is 2. The van der Waals surface area contributed by atoms with Crippen LogP contribution in [0.1, 0.15) is 37.7 Å². The third kappa shape index (κ3) is 2.57. The molecule has 5 heteroatoms. The van der Waals surface area contributed by atoms with Crippen molar-refractivity contribution in [1.29, 1.82) is 0 Å². The van der Waals surface area contributed by atoms with Crippen molar-refractivity contribution >= 4 is 10.8 Å². The van der Waals surface area contributed by atoms with Crippen LogP contribution in [0, 0.1) is 0 Å². The Balaban J connectivity index is 2.00. The number of benzene rings is 1. The Kier molecular flexibility index (Phi) is 3.97. The van der Waals surface area contributed by atoms with Crippen LogP contribution >= 0.6 is 0 Å². The zero-order valence-electron chi connectivity index (χ0n) is 12.5. The fraction of sp³-hybridized carbons (Fsp3) is 0.625. The number of ether oxygens (including phenoxy) is 2. The molecule has 1 N–H and O–H groups in total. The molecule has 2 aliphatic rings. The number of hydrogen-bond donors (Lipinski definition) is 1. The van der Waals surface area contributed by atoms with Crippen LogP contribution in [0.5, 0.6) is 11.5 Å². The molecule has 1 aromatic carbocycles. The molecule has 2 fully saturated rings. The average molecular weight is 310 g/mol. The third-order valence-corrected chi connectivity index (χ3v) is 6.87. The molecule has 2 atom stereocenters. The van der Waals surface area contributed by atoms with E-state index in [0.29, 0.717) is 24.3 Å². The topological polar surface area (TPSA) is 55.8 Å². The summed E-state index contributed by atoms with van der Waals surface area (Å²) < 4.78 is 23.0. The molecule has 0 amide bonds. The molecule has 4 nitrogen and oxygen atoms in total. The number of methoxy groups -OCH3 is 2. The Morgan fingerprint density at radius 3 is 2.43 bits per heavy atom. The first-order valence-corrected chi connectivity index (χ1v) is 8.69. The molecule has 0 saturated carbocycles. The molecular formula is C16H22O4S. The average Bonchev–Trinajstić information content (AvgIpc) is 2.48. The van der Waals surface area contributed by atoms with Crippen LogP contribution in [0.15, 0.2) is 18.2 Å². The molecule has 0 radical (unpaired) electrons. The largest absolute Gasteiger partial charge is 0.497 e. The van der Waals surface area contributed by atoms with Gasteiger partial charge in [0.05, 0.1) is 19.8 Å². The normalized spacial score (nSPS) is 35.3. The fourth-order valence-electron chi connectivity index (χ4n) is 3.68. The summed E-state index contributed by atoms with van der Waals surface area (Å²) in [4.78, 5) is 0. The molecule has 2 saturated heterocycles. The van der Waals surface area contributed by atoms with Gasteiger partial charge < -0.3 is 14.6 Å². The minimum Gasteiger partial charge on any atom is -0.497 e. The van der Waals surface area contributed by atoms with Gasteiger partial charge >= 0.3 is 0 Å². The Morgan fingerprint density at radius 1 is 1.19 bits per heavy atom. The molecule has 2 bridgehead atoms. The van der Waals surface area contributed by atoms with E-state index in [-0.39, 0.29) is 10.5 Å². The van der Waals surface area contributed by atoms with Gasteiger partial charge in [0.1, 0.15) is 11.5 Å². The van der Waals surface area contributed by atoms with Gasteiger partial charge in [0.2, 0.25) is 0 Å². The zero-order valence-corrected chi connectivity index (χ0v) is 13.3. The summed E-state index contributed by atoms with van der Waals surface area (Å²) in [5, 5.41) is 11.4. The SMILES string of the molecule is COc1ccc(OC)c(C2(O)CC3CCCC(C2)S3=O)c1. The van der Waals surface area contributed by atoms with Crippen molar-refractivity contribution in [1.82, 2.24) is 0 Å². The summed E-state index contributed by atoms with van der Waals surface area (Å²) in [6.45, 7) is 0. The summed E-state index contributed by atoms with van der Waals surface area (Å²) in [6, 6.07) is 5.50. The molecule has 2 unspecified atom stereocenters. The number of aliphatic hydroxyl groups is 1. The molecule has 2 heterocycles. The lowest BCUT2D eigenvalue weighted by molar-refractivity contribution is 0.00435. The van der Waals surface area contributed by atoms with Gasteiger partial charge in [-0.1, -0.05) is 6.42 Å². The minimum atomic E-state index is -0.969. The van der Waals surface area contributed by atoms with E-state index in [2.05, 4.69) is 0 Å². The second-order valence-electron chi connectivity index (χ2n) is 6.01. The van der Waals surface area contributed by atoms with Crippen LogP contribution in [-0.4, -0.2) is 34.0 Å². The van der Waals surface area contributed by atoms with Crippen LogP contribution in [0.3, 0.4) is 0 Å². The molecule has 0 spiro atoms. The van der Waals surface area contributed by atoms with E-state index in [1.807, 2.05) is 18.2 Å². The Labute approximate surface area is 127 Å². The quantitative estimate of drug-likeness (QED) is 0.931. The van der Waals surface area contributed by atoms with Gasteiger partial charge in [-0.25, -0.2) is 0 Å². The fourth-order valence-corrected chi connectivity index (χ4v) is 5.90. The maximum atomic E-state index is 12.3. The van der Waals surface area contributed by atoms with Gasteiger partial charge in [-0.2, -0.15) is 0 Å². The van der Waals surface area contributed by atoms with Crippen molar-refractivity contribution in [3.63, 3.8) is 0 Å². The molecule has 116 valence electrons. The predicted octanol–water partition coefficient (Wildman–Crippen LogP) is 2.36. The van der Waals surface area contributed by atoms with E-state index in [0.717, 1.165) is 24.8 Å². The van der Waals surface area contributed by atoms with Crippen molar-refractivity contribution < 1.29 is 18.8 Å². The predicted molar refractivity (Wildman–Crippen MR) is 82.2 cm³/mol. The highest BCUT2D eigenvalue weighted by atomic mass is 32.2. The third-order valence-electron chi connectivity index (χ3n) is 4.75. The molecule has 1 aromatic rings. The van der Waals surface area contributed by atoms with Crippen LogP contribution < -0.4 is 9.47 Å². The highest BCUT2D eigenvalue weighted by Crippen LogP contribution is 2.47. The summed E-state index contributed by atoms with van der Waals surface area (Å²) in [6.07, 6.45) is 4.08. The van der Waals surface area contributed by atoms with E-state index in [1.165, 1.54) is 0 Å². The Morgan fingerprint density at radius 2 is 1.86 bits per heavy atom. The maximum absolute atomic E-state index is 12.3. The Bertz CT molecular complexity index is 541. The summed E-state index contributed by atoms with van der Waals surface area (Å²) in [5.74, 6) is 1.38. The highest BCUT2D eigenvalue weighted by Gasteiger charge is 2.47. The van der Waals surface area contributed by atoms with Gasteiger partial charge in [0, 0.05) is 26.9 Å². The van der Waals surface area contributed by atoms with E-state index in [9.17, 15) is 9.32 Å². The summed E-state index contributed by atoms with van der Waals surface area (Å²) in [5.41, 5.74) is -0.207. The first-order chi connectivity index (χ1) is 10.1. The van der Waals surface area contributed by atoms with E-state index in [4.69, 9.17) is 9.47 Å². The van der Waals surface area contributed by atoms with Crippen molar-refractivity contribution in [2.24, 2.45) is 0 Å². The maximum Gasteiger partial charge on any atom is 0.125 e. The molecular weight excluding hydrogens is 288 g/mol. The molecule has 3 rings (SSSR count). The smallest absolute Gasteiger partial charge is 0.125 e. The number of rotatable bonds is 3. The van der Waals surface area contributed by atoms with Gasteiger partial charge in [-0.05, 0) is 43.9 Å². The van der Waals surface area contributed by atoms with Crippen molar-refractivity contribution in [3.05, 3.63) is 23.8 Å². The molecule has 0 aromatic heterocycles. The van der Waals surface area contributed by atoms with Crippen molar-refractivity contribution in [3.8, 4) is 11.5 Å². The lowest BCUT2D eigenvalue weighted by atomic mass is 9.80. The summed E-state index contributed by atoms with van der Waals surface area (Å²) >= 11 is 0. The van der Waals surface area contributed by atoms with Gasteiger partial charge in [0.15, 0.2) is 0 Å². The van der Waals surface area contributed by atoms with E-state index in [1.54, 1.807) is 14.2 Å². The molecule has 21 heavy (non-hydrogen) atoms. The molecule has 0 aliphatic carbocycles.